The fourth-order valence-corrected chi connectivity index (χ4v) is 3.64. The summed E-state index contributed by atoms with van der Waals surface area (Å²) in [4.78, 5) is 20.6. The van der Waals surface area contributed by atoms with Crippen molar-refractivity contribution in [2.75, 3.05) is 6.54 Å². The highest BCUT2D eigenvalue weighted by molar-refractivity contribution is 6.01. The lowest BCUT2D eigenvalue weighted by Crippen LogP contribution is -2.42. The van der Waals surface area contributed by atoms with Crippen molar-refractivity contribution in [3.05, 3.63) is 71.3 Å². The minimum atomic E-state index is -0.0750. The summed E-state index contributed by atoms with van der Waals surface area (Å²) in [6.07, 6.45) is 3.86. The molecule has 0 saturated heterocycles. The van der Waals surface area contributed by atoms with Crippen LogP contribution in [0.15, 0.2) is 59.8 Å². The van der Waals surface area contributed by atoms with E-state index in [2.05, 4.69) is 48.5 Å². The second kappa shape index (κ2) is 7.95. The van der Waals surface area contributed by atoms with Crippen LogP contribution in [0, 0.1) is 12.8 Å². The number of aryl methyl sites for hydroxylation is 1. The molecule has 2 aromatic carbocycles. The standard InChI is InChI=1S/C23H26N2O2/c1-17-10-12-19(13-11-17)22-14-21(27-24-22)16-25(23(26)20-8-5-9-20)15-18-6-3-2-4-7-18/h2-4,6-7,10-13,20-21H,5,8-9,14-16H2,1H3. The van der Waals surface area contributed by atoms with E-state index in [1.165, 1.54) is 5.56 Å². The van der Waals surface area contributed by atoms with Crippen molar-refractivity contribution < 1.29 is 9.63 Å². The van der Waals surface area contributed by atoms with E-state index in [1.54, 1.807) is 0 Å². The predicted octanol–water partition coefficient (Wildman–Crippen LogP) is 4.32. The van der Waals surface area contributed by atoms with Gasteiger partial charge in [0, 0.05) is 18.9 Å². The Labute approximate surface area is 160 Å². The molecular weight excluding hydrogens is 336 g/mol. The topological polar surface area (TPSA) is 41.9 Å². The predicted molar refractivity (Wildman–Crippen MR) is 106 cm³/mol. The third-order valence-electron chi connectivity index (χ3n) is 5.52. The van der Waals surface area contributed by atoms with Crippen molar-refractivity contribution in [2.45, 2.75) is 45.3 Å². The second-order valence-electron chi connectivity index (χ2n) is 7.67. The van der Waals surface area contributed by atoms with E-state index in [-0.39, 0.29) is 17.9 Å². The van der Waals surface area contributed by atoms with Gasteiger partial charge in [-0.15, -0.1) is 0 Å². The number of hydrogen-bond acceptors (Lipinski definition) is 3. The molecule has 1 saturated carbocycles. The molecule has 4 heteroatoms. The number of carbonyl (C=O) groups is 1. The van der Waals surface area contributed by atoms with E-state index < -0.39 is 0 Å². The smallest absolute Gasteiger partial charge is 0.226 e. The number of amides is 1. The van der Waals surface area contributed by atoms with Crippen LogP contribution < -0.4 is 0 Å². The van der Waals surface area contributed by atoms with Crippen molar-refractivity contribution in [3.63, 3.8) is 0 Å². The Balaban J connectivity index is 1.42. The van der Waals surface area contributed by atoms with Gasteiger partial charge in [0.15, 0.2) is 6.10 Å². The lowest BCUT2D eigenvalue weighted by Gasteiger charge is -2.32. The van der Waals surface area contributed by atoms with Gasteiger partial charge in [0.25, 0.3) is 0 Å². The molecule has 4 nitrogen and oxygen atoms in total. The molecule has 0 spiro atoms. The first-order chi connectivity index (χ1) is 13.2. The molecule has 2 aliphatic rings. The lowest BCUT2D eigenvalue weighted by atomic mass is 9.84. The summed E-state index contributed by atoms with van der Waals surface area (Å²) in [7, 11) is 0. The number of nitrogens with zero attached hydrogens (tertiary/aromatic N) is 2. The fraction of sp³-hybridized carbons (Fsp3) is 0.391. The number of oxime groups is 1. The van der Waals surface area contributed by atoms with Gasteiger partial charge in [-0.2, -0.15) is 0 Å². The molecule has 1 aliphatic heterocycles. The molecular formula is C23H26N2O2. The van der Waals surface area contributed by atoms with Crippen LogP contribution in [0.2, 0.25) is 0 Å². The quantitative estimate of drug-likeness (QED) is 0.768. The van der Waals surface area contributed by atoms with E-state index in [0.717, 1.165) is 42.5 Å². The van der Waals surface area contributed by atoms with Crippen molar-refractivity contribution >= 4 is 11.6 Å². The van der Waals surface area contributed by atoms with E-state index in [4.69, 9.17) is 4.84 Å². The number of rotatable bonds is 6. The average Bonchev–Trinajstić information content (AvgIpc) is 3.10. The highest BCUT2D eigenvalue weighted by Gasteiger charge is 2.32. The Bertz CT molecular complexity index is 810. The second-order valence-corrected chi connectivity index (χ2v) is 7.67. The van der Waals surface area contributed by atoms with E-state index >= 15 is 0 Å². The molecule has 1 amide bonds. The van der Waals surface area contributed by atoms with Crippen molar-refractivity contribution in [2.24, 2.45) is 11.1 Å². The Hall–Kier alpha value is -2.62. The van der Waals surface area contributed by atoms with E-state index in [0.29, 0.717) is 13.1 Å². The molecule has 140 valence electrons. The first-order valence-electron chi connectivity index (χ1n) is 9.81. The minimum absolute atomic E-state index is 0.0750. The molecule has 2 aromatic rings. The van der Waals surface area contributed by atoms with Crippen LogP contribution in [-0.2, 0) is 16.2 Å². The van der Waals surface area contributed by atoms with Gasteiger partial charge in [-0.25, -0.2) is 0 Å². The van der Waals surface area contributed by atoms with Gasteiger partial charge in [0.05, 0.1) is 12.3 Å². The molecule has 0 aromatic heterocycles. The molecule has 0 bridgehead atoms. The van der Waals surface area contributed by atoms with Crippen LogP contribution in [0.4, 0.5) is 0 Å². The van der Waals surface area contributed by atoms with Gasteiger partial charge in [-0.05, 0) is 30.9 Å². The van der Waals surface area contributed by atoms with Crippen molar-refractivity contribution in [1.29, 1.82) is 0 Å². The normalized spacial score (nSPS) is 19.1. The summed E-state index contributed by atoms with van der Waals surface area (Å²) in [5.41, 5.74) is 4.46. The summed E-state index contributed by atoms with van der Waals surface area (Å²) >= 11 is 0. The Morgan fingerprint density at radius 3 is 2.52 bits per heavy atom. The molecule has 1 aliphatic carbocycles. The van der Waals surface area contributed by atoms with Gasteiger partial charge in [-0.1, -0.05) is 71.7 Å². The highest BCUT2D eigenvalue weighted by Crippen LogP contribution is 2.29. The molecule has 1 heterocycles. The Morgan fingerprint density at radius 1 is 1.11 bits per heavy atom. The number of carbonyl (C=O) groups excluding carboxylic acids is 1. The van der Waals surface area contributed by atoms with Gasteiger partial charge < -0.3 is 9.74 Å². The summed E-state index contributed by atoms with van der Waals surface area (Å²) in [5.74, 6) is 0.449. The van der Waals surface area contributed by atoms with Crippen LogP contribution >= 0.6 is 0 Å². The zero-order valence-electron chi connectivity index (χ0n) is 15.8. The number of benzene rings is 2. The minimum Gasteiger partial charge on any atom is -0.390 e. The maximum atomic E-state index is 12.9. The molecule has 1 unspecified atom stereocenters. The van der Waals surface area contributed by atoms with Crippen LogP contribution in [-0.4, -0.2) is 29.2 Å². The van der Waals surface area contributed by atoms with Crippen molar-refractivity contribution in [1.82, 2.24) is 4.90 Å². The maximum absolute atomic E-state index is 12.9. The zero-order chi connectivity index (χ0) is 18.6. The first kappa shape index (κ1) is 17.8. The third-order valence-corrected chi connectivity index (χ3v) is 5.52. The zero-order valence-corrected chi connectivity index (χ0v) is 15.8. The van der Waals surface area contributed by atoms with Crippen LogP contribution in [0.3, 0.4) is 0 Å². The molecule has 0 N–H and O–H groups in total. The van der Waals surface area contributed by atoms with E-state index in [1.807, 2.05) is 23.1 Å². The Morgan fingerprint density at radius 2 is 1.85 bits per heavy atom. The molecule has 0 radical (unpaired) electrons. The monoisotopic (exact) mass is 362 g/mol. The summed E-state index contributed by atoms with van der Waals surface area (Å²) < 4.78 is 0. The summed E-state index contributed by atoms with van der Waals surface area (Å²) in [5, 5.41) is 4.29. The van der Waals surface area contributed by atoms with Gasteiger partial charge in [0.2, 0.25) is 5.91 Å². The van der Waals surface area contributed by atoms with Gasteiger partial charge >= 0.3 is 0 Å². The van der Waals surface area contributed by atoms with Gasteiger partial charge in [-0.3, -0.25) is 4.79 Å². The van der Waals surface area contributed by atoms with Crippen LogP contribution in [0.5, 0.6) is 0 Å². The summed E-state index contributed by atoms with van der Waals surface area (Å²) in [6, 6.07) is 18.5. The summed E-state index contributed by atoms with van der Waals surface area (Å²) in [6.45, 7) is 3.30. The molecule has 1 atom stereocenters. The largest absolute Gasteiger partial charge is 0.390 e. The molecule has 4 rings (SSSR count). The Kier molecular flexibility index (Phi) is 5.23. The fourth-order valence-electron chi connectivity index (χ4n) is 3.64. The van der Waals surface area contributed by atoms with Crippen LogP contribution in [0.25, 0.3) is 0 Å². The first-order valence-corrected chi connectivity index (χ1v) is 9.81. The molecule has 27 heavy (non-hydrogen) atoms. The van der Waals surface area contributed by atoms with Gasteiger partial charge in [0.1, 0.15) is 0 Å². The van der Waals surface area contributed by atoms with Crippen molar-refractivity contribution in [3.8, 4) is 0 Å². The third kappa shape index (κ3) is 4.21. The lowest BCUT2D eigenvalue weighted by molar-refractivity contribution is -0.140. The SMILES string of the molecule is Cc1ccc(C2=NOC(CN(Cc3ccccc3)C(=O)C3CCC3)C2)cc1. The van der Waals surface area contributed by atoms with E-state index in [9.17, 15) is 4.79 Å². The highest BCUT2D eigenvalue weighted by atomic mass is 16.6. The maximum Gasteiger partial charge on any atom is 0.226 e. The molecule has 1 fully saturated rings. The van der Waals surface area contributed by atoms with Crippen LogP contribution in [0.1, 0.15) is 42.4 Å². The number of hydrogen-bond donors (Lipinski definition) is 0. The average molecular weight is 362 g/mol.